The fourth-order valence-corrected chi connectivity index (χ4v) is 1.45. The zero-order chi connectivity index (χ0) is 12.0. The van der Waals surface area contributed by atoms with Crippen molar-refractivity contribution >= 4 is 5.91 Å². The highest BCUT2D eigenvalue weighted by Gasteiger charge is 2.10. The minimum Gasteiger partial charge on any atom is -0.483 e. The van der Waals surface area contributed by atoms with E-state index in [0.717, 1.165) is 17.7 Å². The monoisotopic (exact) mass is 221 g/mol. The molecule has 0 spiro atoms. The number of rotatable bonds is 5. The third-order valence-corrected chi connectivity index (χ3v) is 2.70. The lowest BCUT2D eigenvalue weighted by Gasteiger charge is -2.15. The van der Waals surface area contributed by atoms with E-state index in [0.29, 0.717) is 5.92 Å². The number of amides is 1. The van der Waals surface area contributed by atoms with Gasteiger partial charge in [0, 0.05) is 7.05 Å². The van der Waals surface area contributed by atoms with Crippen LogP contribution in [0.1, 0.15) is 31.7 Å². The van der Waals surface area contributed by atoms with Gasteiger partial charge in [0.05, 0.1) is 0 Å². The summed E-state index contributed by atoms with van der Waals surface area (Å²) in [5.74, 6) is 1.14. The number of hydrogen-bond acceptors (Lipinski definition) is 2. The highest BCUT2D eigenvalue weighted by atomic mass is 16.5. The van der Waals surface area contributed by atoms with Crippen molar-refractivity contribution in [3.63, 3.8) is 0 Å². The second-order valence-corrected chi connectivity index (χ2v) is 3.81. The largest absolute Gasteiger partial charge is 0.483 e. The van der Waals surface area contributed by atoms with Crippen LogP contribution >= 0.6 is 0 Å². The fourth-order valence-electron chi connectivity index (χ4n) is 1.45. The molecule has 88 valence electrons. The van der Waals surface area contributed by atoms with Crippen LogP contribution in [0.3, 0.4) is 0 Å². The van der Waals surface area contributed by atoms with Gasteiger partial charge in [-0.3, -0.25) is 4.79 Å². The summed E-state index contributed by atoms with van der Waals surface area (Å²) in [6.07, 6.45) is 1.06. The van der Waals surface area contributed by atoms with Gasteiger partial charge in [0.25, 0.3) is 5.91 Å². The van der Waals surface area contributed by atoms with E-state index in [1.54, 1.807) is 7.05 Å². The first-order chi connectivity index (χ1) is 7.69. The van der Waals surface area contributed by atoms with Gasteiger partial charge in [-0.2, -0.15) is 0 Å². The van der Waals surface area contributed by atoms with Gasteiger partial charge in [-0.25, -0.2) is 0 Å². The Morgan fingerprint density at radius 2 is 2.12 bits per heavy atom. The smallest absolute Gasteiger partial charge is 0.257 e. The molecule has 0 aliphatic carbocycles. The number of likely N-dealkylation sites (N-methyl/N-ethyl adjacent to an activating group) is 1. The minimum absolute atomic E-state index is 0.0734. The summed E-state index contributed by atoms with van der Waals surface area (Å²) in [6.45, 7) is 4.37. The van der Waals surface area contributed by atoms with Crippen LogP contribution in [-0.2, 0) is 4.79 Å². The van der Waals surface area contributed by atoms with Gasteiger partial charge in [-0.05, 0) is 24.0 Å². The van der Waals surface area contributed by atoms with Crippen molar-refractivity contribution in [3.05, 3.63) is 29.8 Å². The number of para-hydroxylation sites is 1. The first-order valence-corrected chi connectivity index (χ1v) is 5.61. The van der Waals surface area contributed by atoms with Crippen molar-refractivity contribution in [3.8, 4) is 5.75 Å². The Hall–Kier alpha value is -1.51. The molecule has 16 heavy (non-hydrogen) atoms. The lowest BCUT2D eigenvalue weighted by atomic mass is 9.98. The van der Waals surface area contributed by atoms with Crippen molar-refractivity contribution in [1.82, 2.24) is 5.32 Å². The standard InChI is InChI=1S/C13H19NO2/c1-4-10(2)11-7-5-6-8-12(11)16-9-13(15)14-3/h5-8,10H,4,9H2,1-3H3,(H,14,15). The van der Waals surface area contributed by atoms with E-state index in [-0.39, 0.29) is 12.5 Å². The second-order valence-electron chi connectivity index (χ2n) is 3.81. The Bertz CT molecular complexity index is 350. The van der Waals surface area contributed by atoms with Crippen LogP contribution < -0.4 is 10.1 Å². The molecule has 1 rings (SSSR count). The van der Waals surface area contributed by atoms with E-state index in [2.05, 4.69) is 19.2 Å². The van der Waals surface area contributed by atoms with Gasteiger partial charge >= 0.3 is 0 Å². The summed E-state index contributed by atoms with van der Waals surface area (Å²) >= 11 is 0. The molecule has 1 aromatic carbocycles. The fraction of sp³-hybridized carbons (Fsp3) is 0.462. The molecule has 0 saturated heterocycles. The molecule has 1 unspecified atom stereocenters. The Kier molecular flexibility index (Phi) is 4.83. The van der Waals surface area contributed by atoms with E-state index >= 15 is 0 Å². The molecule has 3 nitrogen and oxygen atoms in total. The van der Waals surface area contributed by atoms with Crippen LogP contribution in [0, 0.1) is 0 Å². The lowest BCUT2D eigenvalue weighted by molar-refractivity contribution is -0.122. The molecule has 0 aromatic heterocycles. The van der Waals surface area contributed by atoms with E-state index in [9.17, 15) is 4.79 Å². The van der Waals surface area contributed by atoms with Gasteiger partial charge in [0.15, 0.2) is 6.61 Å². The highest BCUT2D eigenvalue weighted by molar-refractivity contribution is 5.77. The molecule has 3 heteroatoms. The summed E-state index contributed by atoms with van der Waals surface area (Å²) in [5, 5.41) is 2.53. The van der Waals surface area contributed by atoms with Crippen molar-refractivity contribution in [2.75, 3.05) is 13.7 Å². The van der Waals surface area contributed by atoms with Crippen molar-refractivity contribution in [2.45, 2.75) is 26.2 Å². The summed E-state index contributed by atoms with van der Waals surface area (Å²) in [4.78, 5) is 11.1. The molecule has 1 aromatic rings. The quantitative estimate of drug-likeness (QED) is 0.828. The molecular formula is C13H19NO2. The summed E-state index contributed by atoms with van der Waals surface area (Å²) in [7, 11) is 1.60. The highest BCUT2D eigenvalue weighted by Crippen LogP contribution is 2.28. The van der Waals surface area contributed by atoms with Crippen LogP contribution in [0.15, 0.2) is 24.3 Å². The molecule has 0 aliphatic heterocycles. The zero-order valence-electron chi connectivity index (χ0n) is 10.1. The summed E-state index contributed by atoms with van der Waals surface area (Å²) < 4.78 is 5.50. The molecule has 0 radical (unpaired) electrons. The predicted molar refractivity (Wildman–Crippen MR) is 64.7 cm³/mol. The maximum absolute atomic E-state index is 11.1. The zero-order valence-corrected chi connectivity index (χ0v) is 10.1. The summed E-state index contributed by atoms with van der Waals surface area (Å²) in [6, 6.07) is 7.87. The topological polar surface area (TPSA) is 38.3 Å². The number of carbonyl (C=O) groups excluding carboxylic acids is 1. The van der Waals surface area contributed by atoms with E-state index in [1.165, 1.54) is 0 Å². The predicted octanol–water partition coefficient (Wildman–Crippen LogP) is 2.32. The molecule has 0 fully saturated rings. The van der Waals surface area contributed by atoms with Crippen molar-refractivity contribution in [2.24, 2.45) is 0 Å². The number of ether oxygens (including phenoxy) is 1. The molecule has 0 saturated carbocycles. The molecule has 1 amide bonds. The van der Waals surface area contributed by atoms with Gasteiger partial charge in [0.2, 0.25) is 0 Å². The van der Waals surface area contributed by atoms with Crippen LogP contribution in [-0.4, -0.2) is 19.6 Å². The summed E-state index contributed by atoms with van der Waals surface area (Å²) in [5.41, 5.74) is 1.16. The van der Waals surface area contributed by atoms with Gasteiger partial charge in [-0.1, -0.05) is 32.0 Å². The average Bonchev–Trinajstić information content (AvgIpc) is 2.35. The number of hydrogen-bond donors (Lipinski definition) is 1. The molecule has 0 aliphatic rings. The van der Waals surface area contributed by atoms with Gasteiger partial charge < -0.3 is 10.1 Å². The van der Waals surface area contributed by atoms with Gasteiger partial charge in [0.1, 0.15) is 5.75 Å². The molecular weight excluding hydrogens is 202 g/mol. The minimum atomic E-state index is -0.112. The Balaban J connectivity index is 2.75. The first-order valence-electron chi connectivity index (χ1n) is 5.61. The third-order valence-electron chi connectivity index (χ3n) is 2.70. The van der Waals surface area contributed by atoms with E-state index in [4.69, 9.17) is 4.74 Å². The van der Waals surface area contributed by atoms with Crippen molar-refractivity contribution < 1.29 is 9.53 Å². The van der Waals surface area contributed by atoms with Crippen LogP contribution in [0.2, 0.25) is 0 Å². The third kappa shape index (κ3) is 3.26. The molecule has 0 bridgehead atoms. The average molecular weight is 221 g/mol. The molecule has 0 heterocycles. The lowest BCUT2D eigenvalue weighted by Crippen LogP contribution is -2.25. The normalized spacial score (nSPS) is 11.9. The van der Waals surface area contributed by atoms with E-state index < -0.39 is 0 Å². The SMILES string of the molecule is CCC(C)c1ccccc1OCC(=O)NC. The van der Waals surface area contributed by atoms with Crippen LogP contribution in [0.4, 0.5) is 0 Å². The van der Waals surface area contributed by atoms with Crippen molar-refractivity contribution in [1.29, 1.82) is 0 Å². The maximum atomic E-state index is 11.1. The van der Waals surface area contributed by atoms with Crippen LogP contribution in [0.5, 0.6) is 5.75 Å². The number of nitrogens with one attached hydrogen (secondary N) is 1. The molecule has 1 N–H and O–H groups in total. The Morgan fingerprint density at radius 1 is 1.44 bits per heavy atom. The Labute approximate surface area is 96.8 Å². The van der Waals surface area contributed by atoms with Crippen LogP contribution in [0.25, 0.3) is 0 Å². The number of carbonyl (C=O) groups is 1. The van der Waals surface area contributed by atoms with Gasteiger partial charge in [-0.15, -0.1) is 0 Å². The number of benzene rings is 1. The second kappa shape index (κ2) is 6.16. The first kappa shape index (κ1) is 12.6. The maximum Gasteiger partial charge on any atom is 0.257 e. The molecule has 1 atom stereocenters. The van der Waals surface area contributed by atoms with E-state index in [1.807, 2.05) is 24.3 Å². The Morgan fingerprint density at radius 3 is 2.75 bits per heavy atom.